The van der Waals surface area contributed by atoms with E-state index in [2.05, 4.69) is 11.0 Å². The summed E-state index contributed by atoms with van der Waals surface area (Å²) in [5.41, 5.74) is 5.17. The second-order valence-corrected chi connectivity index (χ2v) is 6.26. The topological polar surface area (TPSA) is 21.7 Å². The van der Waals surface area contributed by atoms with Gasteiger partial charge in [0.25, 0.3) is 0 Å². The molecule has 1 fully saturated rings. The monoisotopic (exact) mass is 261 g/mol. The molecule has 0 bridgehead atoms. The van der Waals surface area contributed by atoms with E-state index in [0.717, 1.165) is 32.5 Å². The van der Waals surface area contributed by atoms with Crippen molar-refractivity contribution in [1.29, 1.82) is 0 Å². The molecule has 104 valence electrons. The van der Waals surface area contributed by atoms with Crippen molar-refractivity contribution in [2.24, 2.45) is 0 Å². The van der Waals surface area contributed by atoms with Crippen LogP contribution >= 0.6 is 0 Å². The fourth-order valence-electron chi connectivity index (χ4n) is 4.69. The molecule has 3 nitrogen and oxygen atoms in total. The molecule has 0 radical (unpaired) electrons. The van der Waals surface area contributed by atoms with Crippen LogP contribution in [0.1, 0.15) is 32.1 Å². The van der Waals surface area contributed by atoms with Gasteiger partial charge in [0, 0.05) is 20.2 Å². The summed E-state index contributed by atoms with van der Waals surface area (Å²) in [6, 6.07) is 0. The van der Waals surface area contributed by atoms with E-state index in [-0.39, 0.29) is 5.54 Å². The van der Waals surface area contributed by atoms with Gasteiger partial charge in [0.05, 0.1) is 24.9 Å². The van der Waals surface area contributed by atoms with Crippen LogP contribution < -0.4 is 0 Å². The van der Waals surface area contributed by atoms with Crippen LogP contribution in [0.2, 0.25) is 0 Å². The van der Waals surface area contributed by atoms with Crippen LogP contribution in [0.25, 0.3) is 0 Å². The highest BCUT2D eigenvalue weighted by molar-refractivity contribution is 5.46. The number of rotatable bonds is 1. The Balaban J connectivity index is 1.83. The highest BCUT2D eigenvalue weighted by Crippen LogP contribution is 2.52. The smallest absolute Gasteiger partial charge is 0.0680 e. The van der Waals surface area contributed by atoms with Crippen LogP contribution in [0.3, 0.4) is 0 Å². The van der Waals surface area contributed by atoms with Gasteiger partial charge in [-0.3, -0.25) is 4.90 Å². The zero-order chi connectivity index (χ0) is 12.9. The molecule has 0 aromatic heterocycles. The minimum Gasteiger partial charge on any atom is -0.381 e. The summed E-state index contributed by atoms with van der Waals surface area (Å²) < 4.78 is 11.4. The van der Waals surface area contributed by atoms with Gasteiger partial charge < -0.3 is 9.47 Å². The highest BCUT2D eigenvalue weighted by atomic mass is 16.5. The molecule has 0 aromatic carbocycles. The molecule has 1 saturated heterocycles. The van der Waals surface area contributed by atoms with Crippen LogP contribution in [0, 0.1) is 0 Å². The lowest BCUT2D eigenvalue weighted by Gasteiger charge is -2.50. The molecule has 4 rings (SSSR count). The zero-order valence-electron chi connectivity index (χ0n) is 11.8. The van der Waals surface area contributed by atoms with Crippen LogP contribution in [0.15, 0.2) is 22.8 Å². The molecule has 2 atom stereocenters. The fourth-order valence-corrected chi connectivity index (χ4v) is 4.69. The maximum Gasteiger partial charge on any atom is 0.0680 e. The Morgan fingerprint density at radius 2 is 2.21 bits per heavy atom. The summed E-state index contributed by atoms with van der Waals surface area (Å²) >= 11 is 0. The van der Waals surface area contributed by atoms with E-state index in [1.807, 2.05) is 7.11 Å². The van der Waals surface area contributed by atoms with E-state index in [0.29, 0.717) is 6.10 Å². The lowest BCUT2D eigenvalue weighted by Crippen LogP contribution is -2.54. The van der Waals surface area contributed by atoms with Crippen molar-refractivity contribution in [2.75, 3.05) is 33.4 Å². The molecule has 19 heavy (non-hydrogen) atoms. The normalized spacial score (nSPS) is 38.6. The molecular formula is C16H23NO2. The first-order valence-electron chi connectivity index (χ1n) is 7.61. The molecular weight excluding hydrogens is 238 g/mol. The highest BCUT2D eigenvalue weighted by Gasteiger charge is 2.52. The number of methoxy groups -OCH3 is 1. The predicted octanol–water partition coefficient (Wildman–Crippen LogP) is 2.29. The standard InChI is InChI=1S/C16H23NO2/c1-18-14-3-2-13-5-8-17-7-4-12-11-19-9-6-15(12)16(13,17)10-14/h2,14H,3-11H2,1H3/t14-,16-/m1/s1. The summed E-state index contributed by atoms with van der Waals surface area (Å²) in [7, 11) is 1.86. The van der Waals surface area contributed by atoms with E-state index in [1.165, 1.54) is 25.9 Å². The minimum absolute atomic E-state index is 0.219. The van der Waals surface area contributed by atoms with Crippen molar-refractivity contribution in [3.63, 3.8) is 0 Å². The summed E-state index contributed by atoms with van der Waals surface area (Å²) in [5, 5.41) is 0. The molecule has 3 heterocycles. The molecule has 1 spiro atoms. The van der Waals surface area contributed by atoms with Crippen molar-refractivity contribution >= 4 is 0 Å². The number of hydrogen-bond acceptors (Lipinski definition) is 3. The lowest BCUT2D eigenvalue weighted by atomic mass is 9.69. The number of hydrogen-bond donors (Lipinski definition) is 0. The molecule has 0 unspecified atom stereocenters. The van der Waals surface area contributed by atoms with Gasteiger partial charge in [0.2, 0.25) is 0 Å². The maximum atomic E-state index is 5.70. The van der Waals surface area contributed by atoms with Crippen LogP contribution in [0.5, 0.6) is 0 Å². The SMILES string of the molecule is CO[C@@H]1CC=C2CCN3CCC4=C(CCOC4)[C@@]23C1. The quantitative estimate of drug-likeness (QED) is 0.676. The van der Waals surface area contributed by atoms with Gasteiger partial charge in [-0.25, -0.2) is 0 Å². The zero-order valence-corrected chi connectivity index (χ0v) is 11.8. The molecule has 0 N–H and O–H groups in total. The average Bonchev–Trinajstić information content (AvgIpc) is 2.86. The van der Waals surface area contributed by atoms with Crippen molar-refractivity contribution in [3.05, 3.63) is 22.8 Å². The van der Waals surface area contributed by atoms with Gasteiger partial charge in [-0.15, -0.1) is 0 Å². The summed E-state index contributed by atoms with van der Waals surface area (Å²) in [4.78, 5) is 2.73. The summed E-state index contributed by atoms with van der Waals surface area (Å²) in [6.07, 6.45) is 8.71. The molecule has 0 amide bonds. The largest absolute Gasteiger partial charge is 0.381 e. The molecule has 0 aromatic rings. The molecule has 1 aliphatic carbocycles. The summed E-state index contributed by atoms with van der Waals surface area (Å²) in [6.45, 7) is 4.21. The maximum absolute atomic E-state index is 5.70. The van der Waals surface area contributed by atoms with Crippen LogP contribution in [-0.4, -0.2) is 50.0 Å². The van der Waals surface area contributed by atoms with Crippen molar-refractivity contribution < 1.29 is 9.47 Å². The second-order valence-electron chi connectivity index (χ2n) is 6.26. The lowest BCUT2D eigenvalue weighted by molar-refractivity contribution is 0.0339. The van der Waals surface area contributed by atoms with E-state index in [4.69, 9.17) is 9.47 Å². The fraction of sp³-hybridized carbons (Fsp3) is 0.750. The third kappa shape index (κ3) is 1.61. The Morgan fingerprint density at radius 1 is 1.32 bits per heavy atom. The van der Waals surface area contributed by atoms with Gasteiger partial charge >= 0.3 is 0 Å². The number of nitrogens with zero attached hydrogens (tertiary/aromatic N) is 1. The third-order valence-electron chi connectivity index (χ3n) is 5.59. The Hall–Kier alpha value is -0.640. The van der Waals surface area contributed by atoms with E-state index in [1.54, 1.807) is 16.7 Å². The van der Waals surface area contributed by atoms with Crippen molar-refractivity contribution in [1.82, 2.24) is 4.90 Å². The van der Waals surface area contributed by atoms with E-state index in [9.17, 15) is 0 Å². The van der Waals surface area contributed by atoms with E-state index >= 15 is 0 Å². The van der Waals surface area contributed by atoms with Crippen LogP contribution in [-0.2, 0) is 9.47 Å². The first-order valence-corrected chi connectivity index (χ1v) is 7.61. The first kappa shape index (κ1) is 12.1. The Morgan fingerprint density at radius 3 is 3.11 bits per heavy atom. The van der Waals surface area contributed by atoms with Gasteiger partial charge in [-0.1, -0.05) is 6.08 Å². The first-order chi connectivity index (χ1) is 9.34. The molecule has 3 heteroatoms. The van der Waals surface area contributed by atoms with Crippen LogP contribution in [0.4, 0.5) is 0 Å². The van der Waals surface area contributed by atoms with Gasteiger partial charge in [0.15, 0.2) is 0 Å². The molecule has 0 saturated carbocycles. The summed E-state index contributed by atoms with van der Waals surface area (Å²) in [5.74, 6) is 0. The minimum atomic E-state index is 0.219. The average molecular weight is 261 g/mol. The molecule has 4 aliphatic rings. The van der Waals surface area contributed by atoms with E-state index < -0.39 is 0 Å². The Bertz CT molecular complexity index is 454. The van der Waals surface area contributed by atoms with Crippen molar-refractivity contribution in [2.45, 2.75) is 43.7 Å². The van der Waals surface area contributed by atoms with Gasteiger partial charge in [-0.2, -0.15) is 0 Å². The molecule has 3 aliphatic heterocycles. The number of ether oxygens (including phenoxy) is 2. The van der Waals surface area contributed by atoms with Gasteiger partial charge in [0.1, 0.15) is 0 Å². The van der Waals surface area contributed by atoms with Gasteiger partial charge in [-0.05, 0) is 48.8 Å². The predicted molar refractivity (Wildman–Crippen MR) is 74.1 cm³/mol. The third-order valence-corrected chi connectivity index (χ3v) is 5.59. The second kappa shape index (κ2) is 4.44. The Kier molecular flexibility index (Phi) is 2.83. The van der Waals surface area contributed by atoms with Crippen molar-refractivity contribution in [3.8, 4) is 0 Å². The Labute approximate surface area is 115 Å².